The molecule has 134 valence electrons. The number of rotatable bonds is 6. The van der Waals surface area contributed by atoms with Crippen LogP contribution in [0.25, 0.3) is 11.3 Å². The fourth-order valence-electron chi connectivity index (χ4n) is 2.46. The highest BCUT2D eigenvalue weighted by Crippen LogP contribution is 2.32. The highest BCUT2D eigenvalue weighted by Gasteiger charge is 2.20. The van der Waals surface area contributed by atoms with E-state index in [1.165, 1.54) is 24.3 Å². The van der Waals surface area contributed by atoms with E-state index < -0.39 is 12.4 Å². The predicted octanol–water partition coefficient (Wildman–Crippen LogP) is 2.16. The molecular weight excluding hydrogens is 338 g/mol. The molecule has 3 rings (SSSR count). The van der Waals surface area contributed by atoms with Crippen molar-refractivity contribution in [1.82, 2.24) is 10.1 Å². The highest BCUT2D eigenvalue weighted by atomic mass is 19.3. The molecule has 0 saturated carbocycles. The lowest BCUT2D eigenvalue weighted by Gasteiger charge is -2.25. The fraction of sp³-hybridized carbons (Fsp3) is 0.375. The van der Waals surface area contributed by atoms with E-state index in [2.05, 4.69) is 9.89 Å². The van der Waals surface area contributed by atoms with Crippen molar-refractivity contribution >= 4 is 5.78 Å². The van der Waals surface area contributed by atoms with Crippen molar-refractivity contribution in [3.8, 4) is 22.8 Å². The number of ketones is 1. The van der Waals surface area contributed by atoms with Gasteiger partial charge in [0.2, 0.25) is 11.5 Å². The van der Waals surface area contributed by atoms with Gasteiger partial charge in [-0.25, -0.2) is 0 Å². The quantitative estimate of drug-likeness (QED) is 0.796. The van der Waals surface area contributed by atoms with Gasteiger partial charge in [0.05, 0.1) is 19.8 Å². The molecule has 1 N–H and O–H groups in total. The van der Waals surface area contributed by atoms with Crippen LogP contribution in [-0.2, 0) is 4.74 Å². The number of alkyl halides is 2. The minimum absolute atomic E-state index is 0.0916. The Balaban J connectivity index is 1.70. The van der Waals surface area contributed by atoms with Crippen LogP contribution < -0.4 is 4.74 Å². The molecule has 0 unspecified atom stereocenters. The molecule has 1 aromatic heterocycles. The van der Waals surface area contributed by atoms with E-state index in [0.29, 0.717) is 37.6 Å². The Kier molecular flexibility index (Phi) is 5.25. The third-order valence-corrected chi connectivity index (χ3v) is 3.73. The average molecular weight is 354 g/mol. The maximum absolute atomic E-state index is 12.2. The Morgan fingerprint density at radius 3 is 2.76 bits per heavy atom. The first-order valence-electron chi connectivity index (χ1n) is 7.61. The topological polar surface area (TPSA) is 85.0 Å². The monoisotopic (exact) mass is 354 g/mol. The van der Waals surface area contributed by atoms with Gasteiger partial charge >= 0.3 is 6.61 Å². The summed E-state index contributed by atoms with van der Waals surface area (Å²) in [7, 11) is 0. The van der Waals surface area contributed by atoms with Gasteiger partial charge in [-0.2, -0.15) is 8.78 Å². The van der Waals surface area contributed by atoms with Gasteiger partial charge in [-0.3, -0.25) is 9.69 Å². The third-order valence-electron chi connectivity index (χ3n) is 3.73. The fourth-order valence-corrected chi connectivity index (χ4v) is 2.46. The van der Waals surface area contributed by atoms with Crippen LogP contribution in [0.4, 0.5) is 8.78 Å². The molecule has 2 aromatic rings. The van der Waals surface area contributed by atoms with E-state index in [9.17, 15) is 18.7 Å². The van der Waals surface area contributed by atoms with Crippen molar-refractivity contribution in [1.29, 1.82) is 0 Å². The molecule has 1 aliphatic rings. The number of nitrogens with zero attached hydrogens (tertiary/aromatic N) is 2. The summed E-state index contributed by atoms with van der Waals surface area (Å²) < 4.78 is 38.9. The average Bonchev–Trinajstić information content (AvgIpc) is 3.07. The van der Waals surface area contributed by atoms with Gasteiger partial charge in [-0.15, -0.1) is 0 Å². The van der Waals surface area contributed by atoms with Gasteiger partial charge in [0, 0.05) is 24.7 Å². The molecule has 0 amide bonds. The smallest absolute Gasteiger partial charge is 0.387 e. The molecule has 2 heterocycles. The maximum atomic E-state index is 12.2. The van der Waals surface area contributed by atoms with Crippen molar-refractivity contribution in [3.63, 3.8) is 0 Å². The molecule has 0 spiro atoms. The highest BCUT2D eigenvalue weighted by molar-refractivity contribution is 5.95. The number of benzene rings is 1. The van der Waals surface area contributed by atoms with E-state index >= 15 is 0 Å². The van der Waals surface area contributed by atoms with Crippen LogP contribution >= 0.6 is 0 Å². The van der Waals surface area contributed by atoms with Crippen molar-refractivity contribution in [2.75, 3.05) is 32.8 Å². The van der Waals surface area contributed by atoms with E-state index in [-0.39, 0.29) is 23.8 Å². The Hall–Kier alpha value is -2.52. The van der Waals surface area contributed by atoms with Crippen LogP contribution in [0.2, 0.25) is 0 Å². The summed E-state index contributed by atoms with van der Waals surface area (Å²) in [5.41, 5.74) is 0.720. The SMILES string of the molecule is O=C(CN1CCOCC1)c1cc(-c2ccc(OC(F)F)c(O)c2)no1. The lowest BCUT2D eigenvalue weighted by molar-refractivity contribution is -0.0512. The summed E-state index contributed by atoms with van der Waals surface area (Å²) in [5.74, 6) is -0.927. The number of halogens is 2. The molecule has 1 aliphatic heterocycles. The Morgan fingerprint density at radius 2 is 2.08 bits per heavy atom. The summed E-state index contributed by atoms with van der Waals surface area (Å²) in [6.07, 6.45) is 0. The largest absolute Gasteiger partial charge is 0.504 e. The molecule has 25 heavy (non-hydrogen) atoms. The Morgan fingerprint density at radius 1 is 1.32 bits per heavy atom. The summed E-state index contributed by atoms with van der Waals surface area (Å²) in [5, 5.41) is 13.5. The second-order valence-corrected chi connectivity index (χ2v) is 5.45. The molecule has 0 atom stereocenters. The first-order valence-corrected chi connectivity index (χ1v) is 7.61. The van der Waals surface area contributed by atoms with Crippen molar-refractivity contribution in [2.45, 2.75) is 6.61 Å². The summed E-state index contributed by atoms with van der Waals surface area (Å²) in [6.45, 7) is -0.320. The van der Waals surface area contributed by atoms with Crippen molar-refractivity contribution in [3.05, 3.63) is 30.0 Å². The number of carbonyl (C=O) groups excluding carboxylic acids is 1. The molecule has 1 saturated heterocycles. The first-order chi connectivity index (χ1) is 12.0. The van der Waals surface area contributed by atoms with Crippen LogP contribution in [0.5, 0.6) is 11.5 Å². The number of hydrogen-bond acceptors (Lipinski definition) is 7. The molecule has 0 bridgehead atoms. The van der Waals surface area contributed by atoms with Gasteiger partial charge in [-0.05, 0) is 18.2 Å². The number of phenols is 1. The van der Waals surface area contributed by atoms with Gasteiger partial charge in [0.1, 0.15) is 5.69 Å². The van der Waals surface area contributed by atoms with Crippen LogP contribution in [0.15, 0.2) is 28.8 Å². The standard InChI is InChI=1S/C16H16F2N2O5/c17-16(18)24-14-2-1-10(7-12(14)21)11-8-15(25-19-11)13(22)9-20-3-5-23-6-4-20/h1-2,7-8,16,21H,3-6,9H2. The molecule has 1 aromatic carbocycles. The van der Waals surface area contributed by atoms with E-state index in [4.69, 9.17) is 9.26 Å². The number of hydrogen-bond donors (Lipinski definition) is 1. The first kappa shape index (κ1) is 17.3. The number of morpholine rings is 1. The van der Waals surface area contributed by atoms with Gasteiger partial charge in [-0.1, -0.05) is 5.16 Å². The van der Waals surface area contributed by atoms with E-state index in [1.807, 2.05) is 4.90 Å². The lowest BCUT2D eigenvalue weighted by Crippen LogP contribution is -2.39. The van der Waals surface area contributed by atoms with Gasteiger partial charge in [0.15, 0.2) is 11.5 Å². The Labute approximate surface area is 141 Å². The maximum Gasteiger partial charge on any atom is 0.387 e. The molecule has 0 aliphatic carbocycles. The summed E-state index contributed by atoms with van der Waals surface area (Å²) in [6, 6.07) is 5.29. The number of ether oxygens (including phenoxy) is 2. The number of Topliss-reactive ketones (excluding diaryl/α,β-unsaturated/α-hetero) is 1. The van der Waals surface area contributed by atoms with Crippen LogP contribution in [0.3, 0.4) is 0 Å². The van der Waals surface area contributed by atoms with Gasteiger partial charge < -0.3 is 19.1 Å². The van der Waals surface area contributed by atoms with Crippen LogP contribution in [0.1, 0.15) is 10.6 Å². The zero-order valence-corrected chi connectivity index (χ0v) is 13.2. The zero-order chi connectivity index (χ0) is 17.8. The van der Waals surface area contributed by atoms with E-state index in [1.54, 1.807) is 0 Å². The van der Waals surface area contributed by atoms with Gasteiger partial charge in [0.25, 0.3) is 0 Å². The minimum Gasteiger partial charge on any atom is -0.504 e. The third kappa shape index (κ3) is 4.31. The molecule has 1 fully saturated rings. The minimum atomic E-state index is -3.03. The van der Waals surface area contributed by atoms with E-state index in [0.717, 1.165) is 0 Å². The van der Waals surface area contributed by atoms with Crippen molar-refractivity contribution < 1.29 is 32.7 Å². The molecular formula is C16H16F2N2O5. The second kappa shape index (κ2) is 7.58. The summed E-state index contributed by atoms with van der Waals surface area (Å²) >= 11 is 0. The predicted molar refractivity (Wildman–Crippen MR) is 81.8 cm³/mol. The number of aromatic hydroxyl groups is 1. The lowest BCUT2D eigenvalue weighted by atomic mass is 10.1. The Bertz CT molecular complexity index is 744. The van der Waals surface area contributed by atoms with Crippen LogP contribution in [0, 0.1) is 0 Å². The number of phenolic OH excluding ortho intramolecular Hbond substituents is 1. The van der Waals surface area contributed by atoms with Crippen LogP contribution in [-0.4, -0.2) is 60.4 Å². The normalized spacial score (nSPS) is 15.5. The van der Waals surface area contributed by atoms with Crippen molar-refractivity contribution in [2.24, 2.45) is 0 Å². The molecule has 9 heteroatoms. The number of aromatic nitrogens is 1. The second-order valence-electron chi connectivity index (χ2n) is 5.45. The summed E-state index contributed by atoms with van der Waals surface area (Å²) in [4.78, 5) is 14.2. The number of carbonyl (C=O) groups is 1. The molecule has 7 nitrogen and oxygen atoms in total. The zero-order valence-electron chi connectivity index (χ0n) is 13.2. The molecule has 0 radical (unpaired) electrons.